The van der Waals surface area contributed by atoms with E-state index in [0.29, 0.717) is 11.5 Å². The van der Waals surface area contributed by atoms with E-state index in [1.165, 1.54) is 28.6 Å². The van der Waals surface area contributed by atoms with Gasteiger partial charge in [-0.25, -0.2) is 13.2 Å². The Labute approximate surface area is 169 Å². The molecule has 2 atom stereocenters. The van der Waals surface area contributed by atoms with Crippen molar-refractivity contribution in [1.82, 2.24) is 4.31 Å². The van der Waals surface area contributed by atoms with Crippen molar-refractivity contribution in [3.05, 3.63) is 48.0 Å². The third-order valence-electron chi connectivity index (χ3n) is 4.65. The van der Waals surface area contributed by atoms with Crippen molar-refractivity contribution < 1.29 is 32.2 Å². The maximum atomic E-state index is 13.0. The van der Waals surface area contributed by atoms with Crippen molar-refractivity contribution in [2.75, 3.05) is 19.9 Å². The van der Waals surface area contributed by atoms with Crippen LogP contribution >= 0.6 is 0 Å². The Bertz CT molecular complexity index is 1030. The van der Waals surface area contributed by atoms with Gasteiger partial charge in [-0.15, -0.1) is 0 Å². The van der Waals surface area contributed by atoms with Gasteiger partial charge in [-0.3, -0.25) is 0 Å². The molecule has 0 bridgehead atoms. The van der Waals surface area contributed by atoms with Crippen LogP contribution in [-0.4, -0.2) is 50.8 Å². The lowest BCUT2D eigenvalue weighted by molar-refractivity contribution is -0.0440. The quantitative estimate of drug-likeness (QED) is 0.555. The largest absolute Gasteiger partial charge is 0.454 e. The molecule has 0 spiro atoms. The molecule has 0 amide bonds. The zero-order valence-electron chi connectivity index (χ0n) is 16.0. The second-order valence-electron chi connectivity index (χ2n) is 7.01. The molecule has 0 radical (unpaired) electrons. The van der Waals surface area contributed by atoms with Crippen molar-refractivity contribution in [1.29, 1.82) is 0 Å². The summed E-state index contributed by atoms with van der Waals surface area (Å²) >= 11 is 0. The van der Waals surface area contributed by atoms with Crippen LogP contribution in [0, 0.1) is 0 Å². The molecule has 0 saturated carbocycles. The second-order valence-corrected chi connectivity index (χ2v) is 8.95. The Morgan fingerprint density at radius 1 is 1.03 bits per heavy atom. The van der Waals surface area contributed by atoms with E-state index < -0.39 is 16.0 Å². The maximum absolute atomic E-state index is 13.0. The summed E-state index contributed by atoms with van der Waals surface area (Å²) in [5.41, 5.74) is 0.137. The molecule has 2 aliphatic heterocycles. The molecule has 9 heteroatoms. The monoisotopic (exact) mass is 419 g/mol. The van der Waals surface area contributed by atoms with Crippen LogP contribution in [0.5, 0.6) is 17.2 Å². The fourth-order valence-electron chi connectivity index (χ4n) is 3.37. The molecule has 0 N–H and O–H groups in total. The van der Waals surface area contributed by atoms with Crippen LogP contribution in [0.4, 0.5) is 0 Å². The van der Waals surface area contributed by atoms with Gasteiger partial charge in [0.1, 0.15) is 5.75 Å². The molecule has 2 aromatic carbocycles. The van der Waals surface area contributed by atoms with Gasteiger partial charge in [0.05, 0.1) is 22.7 Å². The number of ether oxygens (including phenoxy) is 4. The molecule has 2 aromatic rings. The summed E-state index contributed by atoms with van der Waals surface area (Å²) in [4.78, 5) is 12.6. The Morgan fingerprint density at radius 3 is 2.52 bits per heavy atom. The van der Waals surface area contributed by atoms with Crippen LogP contribution in [0.1, 0.15) is 24.2 Å². The summed E-state index contributed by atoms with van der Waals surface area (Å²) in [5.74, 6) is 0.682. The van der Waals surface area contributed by atoms with E-state index in [-0.39, 0.29) is 48.3 Å². The normalized spacial score (nSPS) is 21.7. The molecule has 0 aliphatic carbocycles. The number of hydrogen-bond acceptors (Lipinski definition) is 7. The molecule has 4 rings (SSSR count). The Kier molecular flexibility index (Phi) is 5.20. The summed E-state index contributed by atoms with van der Waals surface area (Å²) in [7, 11) is -3.76. The Morgan fingerprint density at radius 2 is 1.76 bits per heavy atom. The van der Waals surface area contributed by atoms with Crippen molar-refractivity contribution in [2.24, 2.45) is 0 Å². The number of esters is 1. The van der Waals surface area contributed by atoms with E-state index in [9.17, 15) is 13.2 Å². The van der Waals surface area contributed by atoms with Gasteiger partial charge < -0.3 is 18.9 Å². The van der Waals surface area contributed by atoms with Crippen LogP contribution in [-0.2, 0) is 14.8 Å². The molecule has 1 saturated heterocycles. The minimum absolute atomic E-state index is 0.0407. The average molecular weight is 419 g/mol. The van der Waals surface area contributed by atoms with Gasteiger partial charge in [-0.05, 0) is 44.2 Å². The highest BCUT2D eigenvalue weighted by Crippen LogP contribution is 2.35. The zero-order chi connectivity index (χ0) is 20.6. The van der Waals surface area contributed by atoms with Crippen LogP contribution in [0.15, 0.2) is 47.4 Å². The highest BCUT2D eigenvalue weighted by Gasteiger charge is 2.32. The Hall–Kier alpha value is -2.62. The van der Waals surface area contributed by atoms with E-state index in [1.807, 2.05) is 13.8 Å². The topological polar surface area (TPSA) is 91.4 Å². The third-order valence-corrected chi connectivity index (χ3v) is 6.48. The third kappa shape index (κ3) is 4.07. The average Bonchev–Trinajstić information content (AvgIpc) is 3.15. The Balaban J connectivity index is 1.54. The SMILES string of the molecule is CC1CN(S(=O)(=O)c2cccc(C(=O)Oc3ccc4c(c3)OCO4)c2)CC(C)O1. The molecule has 8 nitrogen and oxygen atoms in total. The molecule has 2 unspecified atom stereocenters. The second kappa shape index (κ2) is 7.66. The molecule has 2 heterocycles. The van der Waals surface area contributed by atoms with E-state index in [4.69, 9.17) is 18.9 Å². The number of sulfonamides is 1. The molecule has 154 valence electrons. The summed E-state index contributed by atoms with van der Waals surface area (Å²) in [6.45, 7) is 4.30. The number of nitrogens with zero attached hydrogens (tertiary/aromatic N) is 1. The summed E-state index contributed by atoms with van der Waals surface area (Å²) in [6.07, 6.45) is -0.402. The highest BCUT2D eigenvalue weighted by atomic mass is 32.2. The molecular formula is C20H21NO7S. The summed E-state index contributed by atoms with van der Waals surface area (Å²) < 4.78 is 48.9. The molecule has 2 aliphatic rings. The van der Waals surface area contributed by atoms with E-state index in [0.717, 1.165) is 0 Å². The molecule has 29 heavy (non-hydrogen) atoms. The molecule has 0 aromatic heterocycles. The van der Waals surface area contributed by atoms with Crippen LogP contribution in [0.2, 0.25) is 0 Å². The first-order chi connectivity index (χ1) is 13.8. The standard InChI is InChI=1S/C20H21NO7S/c1-13-10-21(11-14(2)27-13)29(23,24)17-5-3-4-15(8-17)20(22)28-16-6-7-18-19(9-16)26-12-25-18/h3-9,13-14H,10-12H2,1-2H3. The number of rotatable bonds is 4. The first kappa shape index (κ1) is 19.7. The van der Waals surface area contributed by atoms with Gasteiger partial charge >= 0.3 is 5.97 Å². The minimum Gasteiger partial charge on any atom is -0.454 e. The van der Waals surface area contributed by atoms with E-state index in [2.05, 4.69) is 0 Å². The van der Waals surface area contributed by atoms with E-state index >= 15 is 0 Å². The fourth-order valence-corrected chi connectivity index (χ4v) is 5.00. The predicted molar refractivity (Wildman–Crippen MR) is 103 cm³/mol. The highest BCUT2D eigenvalue weighted by molar-refractivity contribution is 7.89. The predicted octanol–water partition coefficient (Wildman–Crippen LogP) is 2.43. The van der Waals surface area contributed by atoms with E-state index in [1.54, 1.807) is 18.2 Å². The lowest BCUT2D eigenvalue weighted by Gasteiger charge is -2.34. The lowest BCUT2D eigenvalue weighted by Crippen LogP contribution is -2.48. The summed E-state index contributed by atoms with van der Waals surface area (Å²) in [6, 6.07) is 10.6. The van der Waals surface area contributed by atoms with Crippen molar-refractivity contribution >= 4 is 16.0 Å². The lowest BCUT2D eigenvalue weighted by atomic mass is 10.2. The van der Waals surface area contributed by atoms with Crippen molar-refractivity contribution in [2.45, 2.75) is 31.0 Å². The van der Waals surface area contributed by atoms with Gasteiger partial charge in [0, 0.05) is 19.2 Å². The molecular weight excluding hydrogens is 398 g/mol. The molecule has 1 fully saturated rings. The van der Waals surface area contributed by atoms with Gasteiger partial charge in [0.25, 0.3) is 0 Å². The van der Waals surface area contributed by atoms with Crippen LogP contribution in [0.3, 0.4) is 0 Å². The number of hydrogen-bond donors (Lipinski definition) is 0. The zero-order valence-corrected chi connectivity index (χ0v) is 16.8. The van der Waals surface area contributed by atoms with Crippen molar-refractivity contribution in [3.8, 4) is 17.2 Å². The number of fused-ring (bicyclic) bond motifs is 1. The maximum Gasteiger partial charge on any atom is 0.343 e. The van der Waals surface area contributed by atoms with Crippen LogP contribution < -0.4 is 14.2 Å². The van der Waals surface area contributed by atoms with Crippen LogP contribution in [0.25, 0.3) is 0 Å². The van der Waals surface area contributed by atoms with Gasteiger partial charge in [0.15, 0.2) is 11.5 Å². The number of carbonyl (C=O) groups excluding carboxylic acids is 1. The fraction of sp³-hybridized carbons (Fsp3) is 0.350. The van der Waals surface area contributed by atoms with Crippen molar-refractivity contribution in [3.63, 3.8) is 0 Å². The smallest absolute Gasteiger partial charge is 0.343 e. The van der Waals surface area contributed by atoms with Gasteiger partial charge in [-0.1, -0.05) is 6.07 Å². The first-order valence-corrected chi connectivity index (χ1v) is 10.6. The van der Waals surface area contributed by atoms with Gasteiger partial charge in [0.2, 0.25) is 16.8 Å². The summed E-state index contributed by atoms with van der Waals surface area (Å²) in [5, 5.41) is 0. The number of carbonyl (C=O) groups is 1. The van der Waals surface area contributed by atoms with Gasteiger partial charge in [-0.2, -0.15) is 4.31 Å². The first-order valence-electron chi connectivity index (χ1n) is 9.20. The number of morpholine rings is 1. The minimum atomic E-state index is -3.76. The number of benzene rings is 2.